The van der Waals surface area contributed by atoms with E-state index in [2.05, 4.69) is 4.90 Å². The van der Waals surface area contributed by atoms with Crippen LogP contribution in [0.15, 0.2) is 18.2 Å². The number of hydrogen-bond acceptors (Lipinski definition) is 3. The molecule has 1 saturated heterocycles. The van der Waals surface area contributed by atoms with Crippen molar-refractivity contribution in [2.24, 2.45) is 5.73 Å². The summed E-state index contributed by atoms with van der Waals surface area (Å²) < 4.78 is 39.1. The van der Waals surface area contributed by atoms with Crippen molar-refractivity contribution in [1.82, 2.24) is 4.90 Å². The second-order valence-electron chi connectivity index (χ2n) is 5.40. The highest BCUT2D eigenvalue weighted by Gasteiger charge is 2.34. The van der Waals surface area contributed by atoms with Crippen molar-refractivity contribution < 1.29 is 13.2 Å². The maximum absolute atomic E-state index is 13.0. The van der Waals surface area contributed by atoms with Gasteiger partial charge in [-0.2, -0.15) is 13.2 Å². The lowest BCUT2D eigenvalue weighted by atomic mass is 10.1. The van der Waals surface area contributed by atoms with Gasteiger partial charge in [0.15, 0.2) is 0 Å². The Morgan fingerprint density at radius 1 is 1.35 bits per heavy atom. The van der Waals surface area contributed by atoms with E-state index in [4.69, 9.17) is 5.73 Å². The van der Waals surface area contributed by atoms with Crippen LogP contribution >= 0.6 is 0 Å². The average molecular weight is 287 g/mol. The first kappa shape index (κ1) is 15.1. The van der Waals surface area contributed by atoms with E-state index in [1.54, 1.807) is 6.07 Å². The van der Waals surface area contributed by atoms with E-state index in [9.17, 15) is 13.2 Å². The zero-order valence-electron chi connectivity index (χ0n) is 11.7. The molecule has 112 valence electrons. The summed E-state index contributed by atoms with van der Waals surface area (Å²) in [6.45, 7) is 1.43. The number of hydrogen-bond donors (Lipinski definition) is 1. The van der Waals surface area contributed by atoms with Gasteiger partial charge in [-0.1, -0.05) is 6.07 Å². The number of benzene rings is 1. The van der Waals surface area contributed by atoms with E-state index >= 15 is 0 Å². The molecule has 2 N–H and O–H groups in total. The molecule has 0 saturated carbocycles. The van der Waals surface area contributed by atoms with Gasteiger partial charge in [0, 0.05) is 31.4 Å². The van der Waals surface area contributed by atoms with Crippen LogP contribution in [0, 0.1) is 0 Å². The summed E-state index contributed by atoms with van der Waals surface area (Å²) in [5, 5.41) is 0. The molecular formula is C14H20F3N3. The normalized spacial score (nSPS) is 19.9. The van der Waals surface area contributed by atoms with E-state index in [0.717, 1.165) is 19.5 Å². The summed E-state index contributed by atoms with van der Waals surface area (Å²) in [7, 11) is 3.99. The molecule has 1 aromatic rings. The first-order valence-electron chi connectivity index (χ1n) is 6.64. The number of nitrogens with two attached hydrogens (primary N) is 1. The van der Waals surface area contributed by atoms with Crippen LogP contribution in [-0.4, -0.2) is 38.1 Å². The minimum absolute atomic E-state index is 0.102. The Bertz CT molecular complexity index is 471. The van der Waals surface area contributed by atoms with Crippen molar-refractivity contribution in [3.8, 4) is 0 Å². The summed E-state index contributed by atoms with van der Waals surface area (Å²) in [6.07, 6.45) is -3.39. The standard InChI is InChI=1S/C14H20F3N3/c1-19(2)12-5-6-20(9-12)11-4-3-10(8-18)13(7-11)14(15,16)17/h3-4,7,12H,5-6,8-9,18H2,1-2H3. The number of halogens is 3. The minimum Gasteiger partial charge on any atom is -0.370 e. The molecular weight excluding hydrogens is 267 g/mol. The van der Waals surface area contributed by atoms with Gasteiger partial charge in [-0.15, -0.1) is 0 Å². The maximum Gasteiger partial charge on any atom is 0.416 e. The lowest BCUT2D eigenvalue weighted by Crippen LogP contribution is -2.31. The average Bonchev–Trinajstić information content (AvgIpc) is 2.86. The molecule has 20 heavy (non-hydrogen) atoms. The van der Waals surface area contributed by atoms with Crippen LogP contribution < -0.4 is 10.6 Å². The van der Waals surface area contributed by atoms with E-state index in [-0.39, 0.29) is 12.1 Å². The molecule has 3 nitrogen and oxygen atoms in total. The number of alkyl halides is 3. The first-order valence-corrected chi connectivity index (χ1v) is 6.64. The number of anilines is 1. The molecule has 0 radical (unpaired) electrons. The highest BCUT2D eigenvalue weighted by Crippen LogP contribution is 2.35. The SMILES string of the molecule is CN(C)C1CCN(c2ccc(CN)c(C(F)(F)F)c2)C1. The predicted octanol–water partition coefficient (Wildman–Crippen LogP) is 2.30. The number of rotatable bonds is 3. The third-order valence-corrected chi connectivity index (χ3v) is 3.88. The Balaban J connectivity index is 2.26. The van der Waals surface area contributed by atoms with E-state index in [0.29, 0.717) is 11.7 Å². The summed E-state index contributed by atoms with van der Waals surface area (Å²) in [5.41, 5.74) is 5.54. The second kappa shape index (κ2) is 5.61. The first-order chi connectivity index (χ1) is 9.32. The Morgan fingerprint density at radius 3 is 2.55 bits per heavy atom. The van der Waals surface area contributed by atoms with Crippen molar-refractivity contribution in [2.45, 2.75) is 25.2 Å². The van der Waals surface area contributed by atoms with E-state index in [1.165, 1.54) is 12.1 Å². The molecule has 6 heteroatoms. The van der Waals surface area contributed by atoms with Crippen LogP contribution in [0.1, 0.15) is 17.5 Å². The Labute approximate surface area is 117 Å². The van der Waals surface area contributed by atoms with Crippen molar-refractivity contribution in [1.29, 1.82) is 0 Å². The third-order valence-electron chi connectivity index (χ3n) is 3.88. The van der Waals surface area contributed by atoms with Gasteiger partial charge in [0.05, 0.1) is 5.56 Å². The molecule has 0 aliphatic carbocycles. The second-order valence-corrected chi connectivity index (χ2v) is 5.40. The lowest BCUT2D eigenvalue weighted by molar-refractivity contribution is -0.138. The highest BCUT2D eigenvalue weighted by molar-refractivity contribution is 5.53. The molecule has 0 aromatic heterocycles. The summed E-state index contributed by atoms with van der Waals surface area (Å²) in [5.74, 6) is 0. The van der Waals surface area contributed by atoms with Gasteiger partial charge in [0.2, 0.25) is 0 Å². The predicted molar refractivity (Wildman–Crippen MR) is 73.6 cm³/mol. The molecule has 1 aromatic carbocycles. The fraction of sp³-hybridized carbons (Fsp3) is 0.571. The third kappa shape index (κ3) is 3.07. The molecule has 2 rings (SSSR count). The molecule has 1 aliphatic rings. The maximum atomic E-state index is 13.0. The Morgan fingerprint density at radius 2 is 2.05 bits per heavy atom. The lowest BCUT2D eigenvalue weighted by Gasteiger charge is -2.23. The molecule has 1 atom stereocenters. The fourth-order valence-electron chi connectivity index (χ4n) is 2.60. The molecule has 1 aliphatic heterocycles. The number of nitrogens with zero attached hydrogens (tertiary/aromatic N) is 2. The fourth-order valence-corrected chi connectivity index (χ4v) is 2.60. The Kier molecular flexibility index (Phi) is 4.25. The topological polar surface area (TPSA) is 32.5 Å². The molecule has 0 amide bonds. The van der Waals surface area contributed by atoms with Crippen LogP contribution in [0.3, 0.4) is 0 Å². The largest absolute Gasteiger partial charge is 0.416 e. The van der Waals surface area contributed by atoms with Gasteiger partial charge >= 0.3 is 6.18 Å². The van der Waals surface area contributed by atoms with Crippen molar-refractivity contribution in [3.05, 3.63) is 29.3 Å². The van der Waals surface area contributed by atoms with Crippen LogP contribution in [0.5, 0.6) is 0 Å². The molecule has 1 heterocycles. The van der Waals surface area contributed by atoms with E-state index in [1.807, 2.05) is 19.0 Å². The summed E-state index contributed by atoms with van der Waals surface area (Å²) >= 11 is 0. The molecule has 1 unspecified atom stereocenters. The minimum atomic E-state index is -4.36. The van der Waals surface area contributed by atoms with Gasteiger partial charge in [-0.05, 0) is 38.2 Å². The Hall–Kier alpha value is -1.27. The van der Waals surface area contributed by atoms with Gasteiger partial charge in [0.25, 0.3) is 0 Å². The molecule has 1 fully saturated rings. The summed E-state index contributed by atoms with van der Waals surface area (Å²) in [6, 6.07) is 4.83. The van der Waals surface area contributed by atoms with Crippen LogP contribution in [-0.2, 0) is 12.7 Å². The summed E-state index contributed by atoms with van der Waals surface area (Å²) in [4.78, 5) is 4.11. The van der Waals surface area contributed by atoms with Gasteiger partial charge < -0.3 is 15.5 Å². The highest BCUT2D eigenvalue weighted by atomic mass is 19.4. The van der Waals surface area contributed by atoms with Crippen molar-refractivity contribution in [2.75, 3.05) is 32.1 Å². The monoisotopic (exact) mass is 287 g/mol. The van der Waals surface area contributed by atoms with Gasteiger partial charge in [0.1, 0.15) is 0 Å². The zero-order valence-corrected chi connectivity index (χ0v) is 11.7. The van der Waals surface area contributed by atoms with Crippen LogP contribution in [0.25, 0.3) is 0 Å². The quantitative estimate of drug-likeness (QED) is 0.926. The van der Waals surface area contributed by atoms with Crippen LogP contribution in [0.4, 0.5) is 18.9 Å². The zero-order chi connectivity index (χ0) is 14.9. The van der Waals surface area contributed by atoms with E-state index < -0.39 is 11.7 Å². The smallest absolute Gasteiger partial charge is 0.370 e. The molecule has 0 bridgehead atoms. The number of likely N-dealkylation sites (N-methyl/N-ethyl adjacent to an activating group) is 1. The van der Waals surface area contributed by atoms with Crippen molar-refractivity contribution in [3.63, 3.8) is 0 Å². The van der Waals surface area contributed by atoms with Gasteiger partial charge in [-0.3, -0.25) is 0 Å². The molecule has 0 spiro atoms. The van der Waals surface area contributed by atoms with Crippen LogP contribution in [0.2, 0.25) is 0 Å². The van der Waals surface area contributed by atoms with Crippen molar-refractivity contribution >= 4 is 5.69 Å². The van der Waals surface area contributed by atoms with Gasteiger partial charge in [-0.25, -0.2) is 0 Å².